The number of pyridine rings is 1. The predicted octanol–water partition coefficient (Wildman–Crippen LogP) is 2.17. The Bertz CT molecular complexity index is 1110. The zero-order valence-corrected chi connectivity index (χ0v) is 15.9. The van der Waals surface area contributed by atoms with Gasteiger partial charge in [0.15, 0.2) is 11.5 Å². The van der Waals surface area contributed by atoms with E-state index >= 15 is 0 Å². The van der Waals surface area contributed by atoms with Crippen molar-refractivity contribution in [1.82, 2.24) is 29.6 Å². The number of nitrogens with one attached hydrogen (secondary N) is 1. The minimum absolute atomic E-state index is 0.0544. The van der Waals surface area contributed by atoms with Crippen LogP contribution in [0.25, 0.3) is 22.6 Å². The molecule has 0 saturated carbocycles. The van der Waals surface area contributed by atoms with Crippen molar-refractivity contribution in [1.29, 1.82) is 0 Å². The van der Waals surface area contributed by atoms with Crippen molar-refractivity contribution < 1.29 is 4.79 Å². The monoisotopic (exact) mass is 387 g/mol. The molecule has 0 unspecified atom stereocenters. The first-order valence-corrected chi connectivity index (χ1v) is 9.68. The van der Waals surface area contributed by atoms with E-state index < -0.39 is 0 Å². The minimum atomic E-state index is 0.0544. The van der Waals surface area contributed by atoms with Gasteiger partial charge in [-0.1, -0.05) is 18.2 Å². The highest BCUT2D eigenvalue weighted by atomic mass is 16.2. The van der Waals surface area contributed by atoms with Gasteiger partial charge in [-0.15, -0.1) is 0 Å². The van der Waals surface area contributed by atoms with Crippen molar-refractivity contribution in [2.24, 2.45) is 0 Å². The lowest BCUT2D eigenvalue weighted by Crippen LogP contribution is -2.49. The van der Waals surface area contributed by atoms with E-state index in [1.54, 1.807) is 23.3 Å². The number of rotatable bonds is 4. The van der Waals surface area contributed by atoms with Gasteiger partial charge in [-0.05, 0) is 24.3 Å². The third-order valence-corrected chi connectivity index (χ3v) is 5.27. The highest BCUT2D eigenvalue weighted by Gasteiger charge is 2.23. The maximum absolute atomic E-state index is 12.9. The molecule has 1 N–H and O–H groups in total. The van der Waals surface area contributed by atoms with Gasteiger partial charge in [0.05, 0.1) is 5.39 Å². The van der Waals surface area contributed by atoms with Gasteiger partial charge in [-0.2, -0.15) is 5.10 Å². The molecule has 1 aliphatic rings. The molecule has 146 valence electrons. The van der Waals surface area contributed by atoms with E-state index in [-0.39, 0.29) is 12.5 Å². The van der Waals surface area contributed by atoms with Crippen LogP contribution < -0.4 is 4.90 Å². The summed E-state index contributed by atoms with van der Waals surface area (Å²) in [7, 11) is 0. The van der Waals surface area contributed by atoms with E-state index in [1.807, 2.05) is 35.2 Å². The van der Waals surface area contributed by atoms with Crippen LogP contribution in [0.4, 0.5) is 5.69 Å². The Balaban J connectivity index is 1.32. The fourth-order valence-electron chi connectivity index (χ4n) is 3.77. The Morgan fingerprint density at radius 3 is 2.55 bits per heavy atom. The molecule has 0 radical (unpaired) electrons. The van der Waals surface area contributed by atoms with Gasteiger partial charge in [-0.3, -0.25) is 4.79 Å². The van der Waals surface area contributed by atoms with Crippen LogP contribution in [0, 0.1) is 0 Å². The number of piperazine rings is 1. The van der Waals surface area contributed by atoms with Crippen LogP contribution in [0.2, 0.25) is 0 Å². The molecule has 8 nitrogen and oxygen atoms in total. The third-order valence-electron chi connectivity index (χ3n) is 5.27. The van der Waals surface area contributed by atoms with Crippen molar-refractivity contribution in [2.45, 2.75) is 6.54 Å². The smallest absolute Gasteiger partial charge is 0.244 e. The molecule has 5 rings (SSSR count). The maximum atomic E-state index is 12.9. The summed E-state index contributed by atoms with van der Waals surface area (Å²) in [5, 5.41) is 5.51. The summed E-state index contributed by atoms with van der Waals surface area (Å²) in [5.74, 6) is 0.726. The first-order valence-electron chi connectivity index (χ1n) is 9.68. The Labute approximate surface area is 167 Å². The Hall–Kier alpha value is -3.68. The zero-order valence-electron chi connectivity index (χ0n) is 15.9. The molecule has 4 heterocycles. The van der Waals surface area contributed by atoms with Gasteiger partial charge >= 0.3 is 0 Å². The van der Waals surface area contributed by atoms with E-state index in [0.29, 0.717) is 30.3 Å². The Kier molecular flexibility index (Phi) is 4.44. The largest absolute Gasteiger partial charge is 0.368 e. The van der Waals surface area contributed by atoms with Crippen molar-refractivity contribution in [3.05, 3.63) is 61.1 Å². The molecule has 1 aromatic carbocycles. The van der Waals surface area contributed by atoms with Crippen molar-refractivity contribution in [3.8, 4) is 11.5 Å². The molecule has 29 heavy (non-hydrogen) atoms. The summed E-state index contributed by atoms with van der Waals surface area (Å²) < 4.78 is 1.68. The summed E-state index contributed by atoms with van der Waals surface area (Å²) in [6.45, 7) is 3.22. The quantitative estimate of drug-likeness (QED) is 0.580. The second-order valence-corrected chi connectivity index (χ2v) is 7.02. The first-order chi connectivity index (χ1) is 14.3. The number of fused-ring (bicyclic) bond motifs is 1. The predicted molar refractivity (Wildman–Crippen MR) is 110 cm³/mol. The lowest BCUT2D eigenvalue weighted by Gasteiger charge is -2.36. The average molecular weight is 387 g/mol. The molecule has 0 aliphatic carbocycles. The van der Waals surface area contributed by atoms with Gasteiger partial charge in [0, 0.05) is 50.5 Å². The van der Waals surface area contributed by atoms with Gasteiger partial charge in [-0.25, -0.2) is 14.6 Å². The number of carbonyl (C=O) groups excluding carboxylic acids is 1. The summed E-state index contributed by atoms with van der Waals surface area (Å²) in [6, 6.07) is 14.1. The second-order valence-electron chi connectivity index (χ2n) is 7.02. The molecule has 1 fully saturated rings. The maximum Gasteiger partial charge on any atom is 0.244 e. The van der Waals surface area contributed by atoms with Gasteiger partial charge in [0.25, 0.3) is 0 Å². The molecule has 0 atom stereocenters. The first kappa shape index (κ1) is 17.4. The van der Waals surface area contributed by atoms with E-state index in [4.69, 9.17) is 0 Å². The number of benzene rings is 1. The van der Waals surface area contributed by atoms with Gasteiger partial charge in [0.2, 0.25) is 5.91 Å². The number of para-hydroxylation sites is 1. The van der Waals surface area contributed by atoms with Gasteiger partial charge in [0.1, 0.15) is 12.2 Å². The Morgan fingerprint density at radius 2 is 1.79 bits per heavy atom. The zero-order chi connectivity index (χ0) is 19.6. The van der Waals surface area contributed by atoms with E-state index in [9.17, 15) is 4.79 Å². The van der Waals surface area contributed by atoms with Crippen molar-refractivity contribution in [3.63, 3.8) is 0 Å². The molecule has 1 aliphatic heterocycles. The molecule has 1 amide bonds. The fourth-order valence-corrected chi connectivity index (χ4v) is 3.77. The number of hydrogen-bond donors (Lipinski definition) is 1. The number of nitrogens with zero attached hydrogens (tertiary/aromatic N) is 6. The Morgan fingerprint density at radius 1 is 0.966 bits per heavy atom. The lowest BCUT2D eigenvalue weighted by molar-refractivity contribution is -0.132. The summed E-state index contributed by atoms with van der Waals surface area (Å²) in [5.41, 5.74) is 2.60. The van der Waals surface area contributed by atoms with Crippen LogP contribution >= 0.6 is 0 Å². The van der Waals surface area contributed by atoms with Crippen LogP contribution in [-0.2, 0) is 11.3 Å². The van der Waals surface area contributed by atoms with Crippen molar-refractivity contribution >= 4 is 22.6 Å². The molecule has 0 spiro atoms. The van der Waals surface area contributed by atoms with Crippen LogP contribution in [0.15, 0.2) is 61.1 Å². The molecular weight excluding hydrogens is 366 g/mol. The van der Waals surface area contributed by atoms with E-state index in [1.165, 1.54) is 5.69 Å². The van der Waals surface area contributed by atoms with Crippen molar-refractivity contribution in [2.75, 3.05) is 31.1 Å². The summed E-state index contributed by atoms with van der Waals surface area (Å²) in [6.07, 6.45) is 5.16. The highest BCUT2D eigenvalue weighted by Crippen LogP contribution is 2.24. The molecular formula is C21H21N7O. The molecule has 4 aromatic rings. The normalized spacial score (nSPS) is 14.5. The summed E-state index contributed by atoms with van der Waals surface area (Å²) >= 11 is 0. The highest BCUT2D eigenvalue weighted by molar-refractivity contribution is 5.90. The molecule has 8 heteroatoms. The van der Waals surface area contributed by atoms with Gasteiger partial charge < -0.3 is 14.8 Å². The topological polar surface area (TPSA) is 82.9 Å². The SMILES string of the molecule is O=C(Cn1nc(-c2ncc[nH]2)c2cccnc21)N1CCN(c2ccccc2)CC1. The number of imidazole rings is 1. The minimum Gasteiger partial charge on any atom is -0.368 e. The van der Waals surface area contributed by atoms with Crippen LogP contribution in [0.1, 0.15) is 0 Å². The number of anilines is 1. The fraction of sp³-hybridized carbons (Fsp3) is 0.238. The lowest BCUT2D eigenvalue weighted by atomic mass is 10.2. The van der Waals surface area contributed by atoms with Crippen LogP contribution in [0.3, 0.4) is 0 Å². The number of carbonyl (C=O) groups is 1. The van der Waals surface area contributed by atoms with Crippen LogP contribution in [-0.4, -0.2) is 61.7 Å². The number of aromatic amines is 1. The standard InChI is InChI=1S/C21H21N7O/c29-18(27-13-11-26(12-14-27)16-5-2-1-3-6-16)15-28-21-17(7-4-8-24-21)19(25-28)20-22-9-10-23-20/h1-10H,11-15H2,(H,22,23). The van der Waals surface area contributed by atoms with E-state index in [0.717, 1.165) is 18.5 Å². The molecule has 3 aromatic heterocycles. The number of aromatic nitrogens is 5. The van der Waals surface area contributed by atoms with E-state index in [2.05, 4.69) is 37.1 Å². The second kappa shape index (κ2) is 7.38. The summed E-state index contributed by atoms with van der Waals surface area (Å²) in [4.78, 5) is 29.0. The molecule has 1 saturated heterocycles. The van der Waals surface area contributed by atoms with Crippen LogP contribution in [0.5, 0.6) is 0 Å². The number of hydrogen-bond acceptors (Lipinski definition) is 5. The number of H-pyrrole nitrogens is 1. The average Bonchev–Trinajstić information content (AvgIpc) is 3.43. The molecule has 0 bridgehead atoms. The third kappa shape index (κ3) is 3.33. The number of amides is 1.